The largest absolute Gasteiger partial charge is 0.481 e. The number of carboxylic acids is 1. The fourth-order valence-corrected chi connectivity index (χ4v) is 2.83. The number of aliphatic carboxylic acids is 1. The van der Waals surface area contributed by atoms with Crippen molar-refractivity contribution in [3.8, 4) is 0 Å². The third kappa shape index (κ3) is 4.32. The second-order valence-corrected chi connectivity index (χ2v) is 5.82. The normalized spacial score (nSPS) is 21.6. The summed E-state index contributed by atoms with van der Waals surface area (Å²) in [7, 11) is 2.18. The molecule has 0 amide bonds. The summed E-state index contributed by atoms with van der Waals surface area (Å²) in [5.41, 5.74) is 2.13. The van der Waals surface area contributed by atoms with Crippen molar-refractivity contribution >= 4 is 5.97 Å². The summed E-state index contributed by atoms with van der Waals surface area (Å²) in [6.07, 6.45) is 1.31. The minimum Gasteiger partial charge on any atom is -0.481 e. The molecule has 1 atom stereocenters. The molecule has 1 aromatic carbocycles. The summed E-state index contributed by atoms with van der Waals surface area (Å²) in [6.45, 7) is 6.63. The van der Waals surface area contributed by atoms with Crippen molar-refractivity contribution in [2.75, 3.05) is 26.7 Å². The molecule has 1 saturated heterocycles. The number of carbonyl (C=O) groups is 1. The highest BCUT2D eigenvalue weighted by Gasteiger charge is 2.19. The van der Waals surface area contributed by atoms with Crippen LogP contribution in [0.15, 0.2) is 24.3 Å². The molecule has 0 aromatic heterocycles. The zero-order valence-corrected chi connectivity index (χ0v) is 12.4. The average Bonchev–Trinajstić information content (AvgIpc) is 2.53. The molecule has 2 rings (SSSR count). The Hall–Kier alpha value is -1.39. The Balaban J connectivity index is 1.96. The number of likely N-dealkylation sites (N-methyl/N-ethyl adjacent to an activating group) is 1. The minimum absolute atomic E-state index is 0.102. The van der Waals surface area contributed by atoms with E-state index in [9.17, 15) is 4.79 Å². The second-order valence-electron chi connectivity index (χ2n) is 5.82. The predicted molar refractivity (Wildman–Crippen MR) is 79.8 cm³/mol. The summed E-state index contributed by atoms with van der Waals surface area (Å²) >= 11 is 0. The first-order chi connectivity index (χ1) is 9.54. The maximum Gasteiger partial charge on any atom is 0.307 e. The van der Waals surface area contributed by atoms with Crippen LogP contribution in [0, 0.1) is 0 Å². The van der Waals surface area contributed by atoms with Crippen LogP contribution < -0.4 is 0 Å². The SMILES string of the molecule is CC1CN(C)CCCN1Cc1ccc(CC(=O)O)cc1. The third-order valence-electron chi connectivity index (χ3n) is 3.95. The van der Waals surface area contributed by atoms with Crippen molar-refractivity contribution in [2.24, 2.45) is 0 Å². The van der Waals surface area contributed by atoms with Gasteiger partial charge < -0.3 is 10.0 Å². The highest BCUT2D eigenvalue weighted by Crippen LogP contribution is 2.14. The lowest BCUT2D eigenvalue weighted by molar-refractivity contribution is -0.136. The van der Waals surface area contributed by atoms with E-state index in [1.807, 2.05) is 12.1 Å². The summed E-state index contributed by atoms with van der Waals surface area (Å²) in [5.74, 6) is -0.776. The molecule has 4 heteroatoms. The van der Waals surface area contributed by atoms with Crippen LogP contribution in [0.1, 0.15) is 24.5 Å². The maximum absolute atomic E-state index is 10.7. The molecule has 1 heterocycles. The molecule has 0 spiro atoms. The van der Waals surface area contributed by atoms with Gasteiger partial charge in [0.25, 0.3) is 0 Å². The monoisotopic (exact) mass is 276 g/mol. The highest BCUT2D eigenvalue weighted by molar-refractivity contribution is 5.70. The Labute approximate surface area is 121 Å². The fraction of sp³-hybridized carbons (Fsp3) is 0.562. The fourth-order valence-electron chi connectivity index (χ4n) is 2.83. The van der Waals surface area contributed by atoms with Gasteiger partial charge in [-0.05, 0) is 38.1 Å². The van der Waals surface area contributed by atoms with Crippen LogP contribution in [0.2, 0.25) is 0 Å². The van der Waals surface area contributed by atoms with Gasteiger partial charge in [0.15, 0.2) is 0 Å². The van der Waals surface area contributed by atoms with Gasteiger partial charge in [-0.2, -0.15) is 0 Å². The van der Waals surface area contributed by atoms with Crippen molar-refractivity contribution in [3.63, 3.8) is 0 Å². The predicted octanol–water partition coefficient (Wildman–Crippen LogP) is 1.84. The molecular formula is C16H24N2O2. The Bertz CT molecular complexity index is 444. The minimum atomic E-state index is -0.776. The molecule has 110 valence electrons. The molecule has 1 fully saturated rings. The Morgan fingerprint density at radius 3 is 2.55 bits per heavy atom. The van der Waals surface area contributed by atoms with E-state index in [-0.39, 0.29) is 6.42 Å². The van der Waals surface area contributed by atoms with Gasteiger partial charge in [0.1, 0.15) is 0 Å². The van der Waals surface area contributed by atoms with Crippen molar-refractivity contribution in [2.45, 2.75) is 32.4 Å². The Morgan fingerprint density at radius 2 is 1.90 bits per heavy atom. The molecule has 1 aromatic rings. The molecule has 1 unspecified atom stereocenters. The van der Waals surface area contributed by atoms with E-state index >= 15 is 0 Å². The smallest absolute Gasteiger partial charge is 0.307 e. The molecule has 0 bridgehead atoms. The van der Waals surface area contributed by atoms with E-state index in [0.717, 1.165) is 25.2 Å². The maximum atomic E-state index is 10.7. The number of rotatable bonds is 4. The van der Waals surface area contributed by atoms with E-state index in [2.05, 4.69) is 35.9 Å². The van der Waals surface area contributed by atoms with Crippen molar-refractivity contribution in [1.29, 1.82) is 0 Å². The van der Waals surface area contributed by atoms with Crippen LogP contribution >= 0.6 is 0 Å². The van der Waals surface area contributed by atoms with Gasteiger partial charge in [-0.3, -0.25) is 9.69 Å². The molecule has 0 aliphatic carbocycles. The first kappa shape index (κ1) is 15.0. The molecule has 1 aliphatic rings. The van der Waals surface area contributed by atoms with E-state index in [4.69, 9.17) is 5.11 Å². The highest BCUT2D eigenvalue weighted by atomic mass is 16.4. The van der Waals surface area contributed by atoms with Crippen LogP contribution in [0.25, 0.3) is 0 Å². The van der Waals surface area contributed by atoms with E-state index in [1.165, 1.54) is 18.5 Å². The number of hydrogen-bond donors (Lipinski definition) is 1. The Kier molecular flexibility index (Phi) is 5.15. The first-order valence-corrected chi connectivity index (χ1v) is 7.27. The van der Waals surface area contributed by atoms with Gasteiger partial charge in [-0.25, -0.2) is 0 Å². The first-order valence-electron chi connectivity index (χ1n) is 7.27. The molecule has 0 radical (unpaired) electrons. The van der Waals surface area contributed by atoms with Crippen LogP contribution in [-0.4, -0.2) is 53.6 Å². The topological polar surface area (TPSA) is 43.8 Å². The van der Waals surface area contributed by atoms with Gasteiger partial charge in [0.2, 0.25) is 0 Å². The van der Waals surface area contributed by atoms with Crippen molar-refractivity contribution in [1.82, 2.24) is 9.80 Å². The number of carboxylic acid groups (broad SMARTS) is 1. The molecule has 1 N–H and O–H groups in total. The molecular weight excluding hydrogens is 252 g/mol. The van der Waals surface area contributed by atoms with Gasteiger partial charge in [-0.15, -0.1) is 0 Å². The van der Waals surface area contributed by atoms with Crippen LogP contribution in [0.5, 0.6) is 0 Å². The lowest BCUT2D eigenvalue weighted by atomic mass is 10.1. The lowest BCUT2D eigenvalue weighted by Crippen LogP contribution is -2.37. The zero-order chi connectivity index (χ0) is 14.5. The quantitative estimate of drug-likeness (QED) is 0.911. The van der Waals surface area contributed by atoms with E-state index < -0.39 is 5.97 Å². The molecule has 20 heavy (non-hydrogen) atoms. The van der Waals surface area contributed by atoms with Crippen molar-refractivity contribution < 1.29 is 9.90 Å². The molecule has 0 saturated carbocycles. The molecule has 1 aliphatic heterocycles. The van der Waals surface area contributed by atoms with Crippen molar-refractivity contribution in [3.05, 3.63) is 35.4 Å². The summed E-state index contributed by atoms with van der Waals surface area (Å²) in [5, 5.41) is 8.78. The number of hydrogen-bond acceptors (Lipinski definition) is 3. The lowest BCUT2D eigenvalue weighted by Gasteiger charge is -2.27. The van der Waals surface area contributed by atoms with Crippen LogP contribution in [-0.2, 0) is 17.8 Å². The number of nitrogens with zero attached hydrogens (tertiary/aromatic N) is 2. The molecule has 4 nitrogen and oxygen atoms in total. The summed E-state index contributed by atoms with van der Waals surface area (Å²) in [4.78, 5) is 15.6. The van der Waals surface area contributed by atoms with E-state index in [0.29, 0.717) is 6.04 Å². The zero-order valence-electron chi connectivity index (χ0n) is 12.4. The Morgan fingerprint density at radius 1 is 1.25 bits per heavy atom. The third-order valence-corrected chi connectivity index (χ3v) is 3.95. The van der Waals surface area contributed by atoms with Gasteiger partial charge >= 0.3 is 5.97 Å². The standard InChI is InChI=1S/C16H24N2O2/c1-13-11-17(2)8-3-9-18(13)12-15-6-4-14(5-7-15)10-16(19)20/h4-7,13H,3,8-12H2,1-2H3,(H,19,20). The van der Waals surface area contributed by atoms with Gasteiger partial charge in [0.05, 0.1) is 6.42 Å². The van der Waals surface area contributed by atoms with Gasteiger partial charge in [-0.1, -0.05) is 24.3 Å². The van der Waals surface area contributed by atoms with Crippen LogP contribution in [0.4, 0.5) is 0 Å². The van der Waals surface area contributed by atoms with Crippen LogP contribution in [0.3, 0.4) is 0 Å². The number of benzene rings is 1. The van der Waals surface area contributed by atoms with E-state index in [1.54, 1.807) is 0 Å². The second kappa shape index (κ2) is 6.86. The summed E-state index contributed by atoms with van der Waals surface area (Å²) < 4.78 is 0. The summed E-state index contributed by atoms with van der Waals surface area (Å²) in [6, 6.07) is 8.52. The van der Waals surface area contributed by atoms with Gasteiger partial charge in [0, 0.05) is 25.7 Å². The average molecular weight is 276 g/mol.